The van der Waals surface area contributed by atoms with Crippen LogP contribution in [-0.4, -0.2) is 17.4 Å². The summed E-state index contributed by atoms with van der Waals surface area (Å²) in [6.45, 7) is 6.29. The van der Waals surface area contributed by atoms with Gasteiger partial charge in [-0.2, -0.15) is 0 Å². The van der Waals surface area contributed by atoms with E-state index in [0.29, 0.717) is 17.1 Å². The molecule has 0 aliphatic heterocycles. The summed E-state index contributed by atoms with van der Waals surface area (Å²) in [4.78, 5) is 13.5. The van der Waals surface area contributed by atoms with Crippen LogP contribution in [0.4, 0.5) is 4.39 Å². The number of carbonyl (C=O) groups excluding carboxylic acids is 1. The summed E-state index contributed by atoms with van der Waals surface area (Å²) in [5.74, 6) is -0.458. The van der Waals surface area contributed by atoms with Crippen LogP contribution in [0.1, 0.15) is 26.3 Å². The fourth-order valence-electron chi connectivity index (χ4n) is 1.58. The molecule has 0 aromatic heterocycles. The summed E-state index contributed by atoms with van der Waals surface area (Å²) in [6, 6.07) is 4.55. The molecule has 1 aromatic rings. The van der Waals surface area contributed by atoms with E-state index in [2.05, 4.69) is 0 Å². The van der Waals surface area contributed by atoms with Crippen LogP contribution in [0.3, 0.4) is 0 Å². The number of carbonyl (C=O) groups is 1. The quantitative estimate of drug-likeness (QED) is 0.809. The number of nitrogens with zero attached hydrogens (tertiary/aromatic N) is 1. The van der Waals surface area contributed by atoms with Crippen LogP contribution >= 0.6 is 11.6 Å². The molecule has 0 atom stereocenters. The summed E-state index contributed by atoms with van der Waals surface area (Å²) in [6.07, 6.45) is 0. The lowest BCUT2D eigenvalue weighted by Crippen LogP contribution is -2.33. The molecular formula is C13H17ClFNO. The maximum absolute atomic E-state index is 13.6. The van der Waals surface area contributed by atoms with Crippen LogP contribution in [0.2, 0.25) is 5.02 Å². The number of halogens is 2. The van der Waals surface area contributed by atoms with Gasteiger partial charge in [0.05, 0.1) is 0 Å². The van der Waals surface area contributed by atoms with Gasteiger partial charge in [0.1, 0.15) is 5.82 Å². The SMILES string of the molecule is CCN(Cc1c(F)cccc1Cl)C(=O)C(C)C. The van der Waals surface area contributed by atoms with Crippen LogP contribution in [0.25, 0.3) is 0 Å². The summed E-state index contributed by atoms with van der Waals surface area (Å²) >= 11 is 5.94. The topological polar surface area (TPSA) is 20.3 Å². The Morgan fingerprint density at radius 2 is 2.12 bits per heavy atom. The Labute approximate surface area is 106 Å². The Bertz CT molecular complexity index is 386. The van der Waals surface area contributed by atoms with Gasteiger partial charge in [-0.1, -0.05) is 31.5 Å². The Hall–Kier alpha value is -1.09. The van der Waals surface area contributed by atoms with E-state index in [0.717, 1.165) is 0 Å². The lowest BCUT2D eigenvalue weighted by molar-refractivity contribution is -0.134. The van der Waals surface area contributed by atoms with E-state index in [9.17, 15) is 9.18 Å². The summed E-state index contributed by atoms with van der Waals surface area (Å²) in [5, 5.41) is 0.361. The molecule has 0 aliphatic carbocycles. The van der Waals surface area contributed by atoms with Crippen molar-refractivity contribution in [3.8, 4) is 0 Å². The highest BCUT2D eigenvalue weighted by atomic mass is 35.5. The Kier molecular flexibility index (Phi) is 4.94. The Morgan fingerprint density at radius 1 is 1.47 bits per heavy atom. The van der Waals surface area contributed by atoms with Gasteiger partial charge in [0.15, 0.2) is 0 Å². The number of hydrogen-bond acceptors (Lipinski definition) is 1. The molecule has 0 unspecified atom stereocenters. The molecule has 0 aliphatic rings. The van der Waals surface area contributed by atoms with Crippen molar-refractivity contribution in [2.45, 2.75) is 27.3 Å². The Morgan fingerprint density at radius 3 is 2.59 bits per heavy atom. The van der Waals surface area contributed by atoms with E-state index < -0.39 is 0 Å². The zero-order valence-corrected chi connectivity index (χ0v) is 11.1. The molecule has 4 heteroatoms. The first-order chi connectivity index (χ1) is 7.97. The average Bonchev–Trinajstić information content (AvgIpc) is 2.28. The van der Waals surface area contributed by atoms with E-state index in [4.69, 9.17) is 11.6 Å². The van der Waals surface area contributed by atoms with Gasteiger partial charge in [-0.05, 0) is 19.1 Å². The molecule has 1 amide bonds. The van der Waals surface area contributed by atoms with Crippen molar-refractivity contribution in [3.63, 3.8) is 0 Å². The third-order valence-electron chi connectivity index (χ3n) is 2.60. The molecule has 1 rings (SSSR count). The molecule has 0 radical (unpaired) electrons. The lowest BCUT2D eigenvalue weighted by Gasteiger charge is -2.23. The van der Waals surface area contributed by atoms with E-state index in [1.807, 2.05) is 20.8 Å². The smallest absolute Gasteiger partial charge is 0.225 e. The van der Waals surface area contributed by atoms with E-state index in [-0.39, 0.29) is 24.2 Å². The van der Waals surface area contributed by atoms with Crippen LogP contribution < -0.4 is 0 Å². The van der Waals surface area contributed by atoms with Crippen molar-refractivity contribution in [1.82, 2.24) is 4.90 Å². The second-order valence-corrected chi connectivity index (χ2v) is 4.61. The van der Waals surface area contributed by atoms with Crippen LogP contribution in [0.15, 0.2) is 18.2 Å². The summed E-state index contributed by atoms with van der Waals surface area (Å²) in [7, 11) is 0. The molecule has 17 heavy (non-hydrogen) atoms. The number of amides is 1. The highest BCUT2D eigenvalue weighted by Crippen LogP contribution is 2.21. The molecule has 2 nitrogen and oxygen atoms in total. The highest BCUT2D eigenvalue weighted by molar-refractivity contribution is 6.31. The van der Waals surface area contributed by atoms with E-state index in [1.165, 1.54) is 6.07 Å². The predicted octanol–water partition coefficient (Wildman–Crippen LogP) is 3.48. The molecular weight excluding hydrogens is 241 g/mol. The predicted molar refractivity (Wildman–Crippen MR) is 67.3 cm³/mol. The van der Waals surface area contributed by atoms with Crippen molar-refractivity contribution in [3.05, 3.63) is 34.6 Å². The molecule has 0 bridgehead atoms. The van der Waals surface area contributed by atoms with Crippen molar-refractivity contribution >= 4 is 17.5 Å². The molecule has 0 saturated carbocycles. The average molecular weight is 258 g/mol. The van der Waals surface area contributed by atoms with Crippen molar-refractivity contribution in [2.75, 3.05) is 6.54 Å². The third kappa shape index (κ3) is 3.43. The monoisotopic (exact) mass is 257 g/mol. The number of rotatable bonds is 4. The molecule has 0 saturated heterocycles. The zero-order chi connectivity index (χ0) is 13.0. The molecule has 94 valence electrons. The molecule has 0 heterocycles. The van der Waals surface area contributed by atoms with Crippen LogP contribution in [0.5, 0.6) is 0 Å². The number of hydrogen-bond donors (Lipinski definition) is 0. The second kappa shape index (κ2) is 6.01. The van der Waals surface area contributed by atoms with Crippen molar-refractivity contribution in [1.29, 1.82) is 0 Å². The molecule has 0 fully saturated rings. The van der Waals surface area contributed by atoms with Gasteiger partial charge in [-0.15, -0.1) is 0 Å². The van der Waals surface area contributed by atoms with Gasteiger partial charge in [0.25, 0.3) is 0 Å². The maximum Gasteiger partial charge on any atom is 0.225 e. The van der Waals surface area contributed by atoms with Gasteiger partial charge in [-0.25, -0.2) is 4.39 Å². The summed E-state index contributed by atoms with van der Waals surface area (Å²) < 4.78 is 13.6. The molecule has 1 aromatic carbocycles. The lowest BCUT2D eigenvalue weighted by atomic mass is 10.1. The first kappa shape index (κ1) is 14.0. The maximum atomic E-state index is 13.6. The normalized spacial score (nSPS) is 10.7. The first-order valence-corrected chi connectivity index (χ1v) is 6.06. The van der Waals surface area contributed by atoms with Crippen molar-refractivity contribution < 1.29 is 9.18 Å². The van der Waals surface area contributed by atoms with Gasteiger partial charge in [0, 0.05) is 29.6 Å². The third-order valence-corrected chi connectivity index (χ3v) is 2.95. The number of benzene rings is 1. The van der Waals surface area contributed by atoms with Gasteiger partial charge in [0.2, 0.25) is 5.91 Å². The minimum absolute atomic E-state index is 0.00631. The van der Waals surface area contributed by atoms with Crippen LogP contribution in [-0.2, 0) is 11.3 Å². The second-order valence-electron chi connectivity index (χ2n) is 4.21. The largest absolute Gasteiger partial charge is 0.338 e. The fraction of sp³-hybridized carbons (Fsp3) is 0.462. The fourth-order valence-corrected chi connectivity index (χ4v) is 1.81. The van der Waals surface area contributed by atoms with Gasteiger partial charge >= 0.3 is 0 Å². The minimum atomic E-state index is -0.368. The van der Waals surface area contributed by atoms with Crippen molar-refractivity contribution in [2.24, 2.45) is 5.92 Å². The molecule has 0 spiro atoms. The van der Waals surface area contributed by atoms with E-state index >= 15 is 0 Å². The van der Waals surface area contributed by atoms with E-state index in [1.54, 1.807) is 17.0 Å². The standard InChI is InChI=1S/C13H17ClFNO/c1-4-16(13(17)9(2)3)8-10-11(14)6-5-7-12(10)15/h5-7,9H,4,8H2,1-3H3. The zero-order valence-electron chi connectivity index (χ0n) is 10.3. The minimum Gasteiger partial charge on any atom is -0.338 e. The van der Waals surface area contributed by atoms with Crippen LogP contribution in [0, 0.1) is 11.7 Å². The Balaban J connectivity index is 2.92. The van der Waals surface area contributed by atoms with Gasteiger partial charge in [-0.3, -0.25) is 4.79 Å². The summed E-state index contributed by atoms with van der Waals surface area (Å²) in [5.41, 5.74) is 0.380. The first-order valence-electron chi connectivity index (χ1n) is 5.69. The highest BCUT2D eigenvalue weighted by Gasteiger charge is 2.18. The molecule has 0 N–H and O–H groups in total. The van der Waals surface area contributed by atoms with Gasteiger partial charge < -0.3 is 4.90 Å².